The van der Waals surface area contributed by atoms with E-state index in [1.165, 1.54) is 25.7 Å². The fourth-order valence-electron chi connectivity index (χ4n) is 2.01. The first-order valence-electron chi connectivity index (χ1n) is 5.62. The molecule has 2 aliphatic carbocycles. The van der Waals surface area contributed by atoms with Gasteiger partial charge in [0.05, 0.1) is 6.10 Å². The zero-order valence-electron chi connectivity index (χ0n) is 8.66. The highest BCUT2D eigenvalue weighted by molar-refractivity contribution is 4.97. The van der Waals surface area contributed by atoms with Gasteiger partial charge in [-0.2, -0.15) is 0 Å². The maximum absolute atomic E-state index is 9.41. The quantitative estimate of drug-likeness (QED) is 0.677. The van der Waals surface area contributed by atoms with Crippen molar-refractivity contribution in [1.82, 2.24) is 5.32 Å². The third-order valence-corrected chi connectivity index (χ3v) is 3.44. The van der Waals surface area contributed by atoms with E-state index in [1.807, 2.05) is 6.92 Å². The highest BCUT2D eigenvalue weighted by atomic mass is 16.3. The normalized spacial score (nSPS) is 27.7. The second-order valence-corrected chi connectivity index (χ2v) is 4.90. The number of aliphatic hydroxyl groups excluding tert-OH is 1. The van der Waals surface area contributed by atoms with E-state index in [0.717, 1.165) is 11.8 Å². The lowest BCUT2D eigenvalue weighted by Gasteiger charge is -2.24. The van der Waals surface area contributed by atoms with Crippen LogP contribution in [-0.2, 0) is 0 Å². The zero-order valence-corrected chi connectivity index (χ0v) is 8.66. The highest BCUT2D eigenvalue weighted by Crippen LogP contribution is 2.44. The van der Waals surface area contributed by atoms with E-state index in [9.17, 15) is 5.11 Å². The van der Waals surface area contributed by atoms with E-state index in [1.54, 1.807) is 0 Å². The molecule has 76 valence electrons. The first-order chi connectivity index (χ1) is 6.18. The summed E-state index contributed by atoms with van der Waals surface area (Å²) in [6.45, 7) is 3.96. The molecule has 2 atom stereocenters. The largest absolute Gasteiger partial charge is 0.392 e. The van der Waals surface area contributed by atoms with Crippen LogP contribution in [0.4, 0.5) is 0 Å². The molecular formula is C11H21NO. The standard InChI is InChI=1S/C11H21NO/c1-7(8(2)13)12-11(9-3-4-9)10-5-6-10/h7-13H,3-6H2,1-2H3. The van der Waals surface area contributed by atoms with Crippen LogP contribution in [0.2, 0.25) is 0 Å². The molecule has 0 aromatic heterocycles. The molecule has 0 aromatic carbocycles. The van der Waals surface area contributed by atoms with Crippen LogP contribution in [0.5, 0.6) is 0 Å². The lowest BCUT2D eigenvalue weighted by Crippen LogP contribution is -2.44. The molecule has 0 aliphatic heterocycles. The predicted octanol–water partition coefficient (Wildman–Crippen LogP) is 1.53. The van der Waals surface area contributed by atoms with Crippen LogP contribution >= 0.6 is 0 Å². The number of hydrogen-bond donors (Lipinski definition) is 2. The molecule has 2 heteroatoms. The summed E-state index contributed by atoms with van der Waals surface area (Å²) in [5.41, 5.74) is 0. The van der Waals surface area contributed by atoms with Gasteiger partial charge < -0.3 is 10.4 Å². The SMILES string of the molecule is CC(O)C(C)NC(C1CC1)C1CC1. The van der Waals surface area contributed by atoms with Crippen LogP contribution in [0, 0.1) is 11.8 Å². The van der Waals surface area contributed by atoms with Gasteiger partial charge in [0, 0.05) is 12.1 Å². The number of aliphatic hydroxyl groups is 1. The van der Waals surface area contributed by atoms with Crippen molar-refractivity contribution in [3.63, 3.8) is 0 Å². The molecule has 0 spiro atoms. The summed E-state index contributed by atoms with van der Waals surface area (Å²) in [7, 11) is 0. The van der Waals surface area contributed by atoms with Gasteiger partial charge in [-0.15, -0.1) is 0 Å². The molecule has 0 saturated heterocycles. The fourth-order valence-corrected chi connectivity index (χ4v) is 2.01. The van der Waals surface area contributed by atoms with Gasteiger partial charge >= 0.3 is 0 Å². The lowest BCUT2D eigenvalue weighted by atomic mass is 10.1. The molecule has 0 aromatic rings. The van der Waals surface area contributed by atoms with Gasteiger partial charge in [-0.3, -0.25) is 0 Å². The number of rotatable bonds is 5. The highest BCUT2D eigenvalue weighted by Gasteiger charge is 2.41. The first-order valence-corrected chi connectivity index (χ1v) is 5.62. The minimum Gasteiger partial charge on any atom is -0.392 e. The van der Waals surface area contributed by atoms with Crippen LogP contribution in [0.25, 0.3) is 0 Å². The minimum absolute atomic E-state index is 0.222. The van der Waals surface area contributed by atoms with Crippen LogP contribution in [0.15, 0.2) is 0 Å². The molecule has 2 nitrogen and oxygen atoms in total. The molecule has 0 radical (unpaired) electrons. The van der Waals surface area contributed by atoms with Gasteiger partial charge in [-0.05, 0) is 51.4 Å². The summed E-state index contributed by atoms with van der Waals surface area (Å²) in [5.74, 6) is 1.85. The van der Waals surface area contributed by atoms with E-state index < -0.39 is 0 Å². The van der Waals surface area contributed by atoms with Crippen LogP contribution in [-0.4, -0.2) is 23.3 Å². The second-order valence-electron chi connectivity index (χ2n) is 4.90. The molecule has 2 aliphatic rings. The molecule has 2 unspecified atom stereocenters. The van der Waals surface area contributed by atoms with Crippen molar-refractivity contribution in [2.75, 3.05) is 0 Å². The molecule has 2 rings (SSSR count). The van der Waals surface area contributed by atoms with Crippen molar-refractivity contribution in [2.24, 2.45) is 11.8 Å². The Bertz CT molecular complexity index is 161. The molecule has 2 fully saturated rings. The monoisotopic (exact) mass is 183 g/mol. The lowest BCUT2D eigenvalue weighted by molar-refractivity contribution is 0.140. The predicted molar refractivity (Wildman–Crippen MR) is 53.5 cm³/mol. The smallest absolute Gasteiger partial charge is 0.0662 e. The maximum atomic E-state index is 9.41. The van der Waals surface area contributed by atoms with Gasteiger partial charge in [0.1, 0.15) is 0 Å². The summed E-state index contributed by atoms with van der Waals surface area (Å²) in [5, 5.41) is 13.0. The Hall–Kier alpha value is -0.0800. The van der Waals surface area contributed by atoms with Crippen molar-refractivity contribution in [3.8, 4) is 0 Å². The topological polar surface area (TPSA) is 32.3 Å². The summed E-state index contributed by atoms with van der Waals surface area (Å²) in [6.07, 6.45) is 5.39. The third-order valence-electron chi connectivity index (χ3n) is 3.44. The Balaban J connectivity index is 1.81. The van der Waals surface area contributed by atoms with Crippen molar-refractivity contribution in [3.05, 3.63) is 0 Å². The number of hydrogen-bond acceptors (Lipinski definition) is 2. The molecule has 0 heterocycles. The van der Waals surface area contributed by atoms with Gasteiger partial charge in [0.25, 0.3) is 0 Å². The minimum atomic E-state index is -0.222. The molecular weight excluding hydrogens is 162 g/mol. The second kappa shape index (κ2) is 3.58. The van der Waals surface area contributed by atoms with Gasteiger partial charge in [-0.25, -0.2) is 0 Å². The average molecular weight is 183 g/mol. The summed E-state index contributed by atoms with van der Waals surface area (Å²) in [6, 6.07) is 0.968. The average Bonchev–Trinajstić information content (AvgIpc) is 2.90. The van der Waals surface area contributed by atoms with E-state index in [2.05, 4.69) is 12.2 Å². The van der Waals surface area contributed by atoms with Crippen LogP contribution < -0.4 is 5.32 Å². The molecule has 2 N–H and O–H groups in total. The summed E-state index contributed by atoms with van der Waals surface area (Å²) < 4.78 is 0. The van der Waals surface area contributed by atoms with E-state index in [4.69, 9.17) is 0 Å². The summed E-state index contributed by atoms with van der Waals surface area (Å²) in [4.78, 5) is 0. The molecule has 13 heavy (non-hydrogen) atoms. The van der Waals surface area contributed by atoms with Crippen molar-refractivity contribution < 1.29 is 5.11 Å². The zero-order chi connectivity index (χ0) is 9.42. The van der Waals surface area contributed by atoms with Gasteiger partial charge in [-0.1, -0.05) is 0 Å². The van der Waals surface area contributed by atoms with Crippen LogP contribution in [0.1, 0.15) is 39.5 Å². The van der Waals surface area contributed by atoms with Gasteiger partial charge in [0.2, 0.25) is 0 Å². The molecule has 0 amide bonds. The Kier molecular flexibility index (Phi) is 2.61. The number of nitrogens with one attached hydrogen (secondary N) is 1. The fraction of sp³-hybridized carbons (Fsp3) is 1.00. The maximum Gasteiger partial charge on any atom is 0.0662 e. The Labute approximate surface area is 80.7 Å². The Morgan fingerprint density at radius 1 is 1.08 bits per heavy atom. The van der Waals surface area contributed by atoms with Crippen molar-refractivity contribution >= 4 is 0 Å². The van der Waals surface area contributed by atoms with Crippen molar-refractivity contribution in [1.29, 1.82) is 0 Å². The van der Waals surface area contributed by atoms with E-state index in [-0.39, 0.29) is 12.1 Å². The molecule has 0 bridgehead atoms. The Morgan fingerprint density at radius 2 is 1.54 bits per heavy atom. The third kappa shape index (κ3) is 2.44. The van der Waals surface area contributed by atoms with Crippen molar-refractivity contribution in [2.45, 2.75) is 57.7 Å². The molecule has 2 saturated carbocycles. The van der Waals surface area contributed by atoms with Crippen LogP contribution in [0.3, 0.4) is 0 Å². The van der Waals surface area contributed by atoms with E-state index in [0.29, 0.717) is 6.04 Å². The van der Waals surface area contributed by atoms with E-state index >= 15 is 0 Å². The van der Waals surface area contributed by atoms with Gasteiger partial charge in [0.15, 0.2) is 0 Å². The first kappa shape index (κ1) is 9.47. The Morgan fingerprint density at radius 3 is 1.85 bits per heavy atom. The summed E-state index contributed by atoms with van der Waals surface area (Å²) >= 11 is 0.